The van der Waals surface area contributed by atoms with Gasteiger partial charge in [0.25, 0.3) is 0 Å². The van der Waals surface area contributed by atoms with Crippen molar-refractivity contribution in [2.24, 2.45) is 0 Å². The number of amidine groups is 1. The molecule has 0 saturated carbocycles. The van der Waals surface area contributed by atoms with Crippen LogP contribution in [0.1, 0.15) is 16.7 Å². The number of nitrogens with one attached hydrogen (secondary N) is 2. The maximum atomic E-state index is 15.6. The molecule has 0 radical (unpaired) electrons. The minimum absolute atomic E-state index is 0.0215. The van der Waals surface area contributed by atoms with Crippen LogP contribution in [0.25, 0.3) is 11.2 Å². The topological polar surface area (TPSA) is 93.1 Å². The van der Waals surface area contributed by atoms with Crippen molar-refractivity contribution in [2.45, 2.75) is 24.3 Å². The molecule has 40 heavy (non-hydrogen) atoms. The van der Waals surface area contributed by atoms with Crippen LogP contribution in [0, 0.1) is 10.8 Å². The van der Waals surface area contributed by atoms with Crippen LogP contribution in [0.5, 0.6) is 0 Å². The largest absolute Gasteiger partial charge is 0.418 e. The zero-order chi connectivity index (χ0) is 28.8. The second kappa shape index (κ2) is 10.5. The van der Waals surface area contributed by atoms with Gasteiger partial charge in [-0.1, -0.05) is 12.1 Å². The van der Waals surface area contributed by atoms with Gasteiger partial charge in [-0.25, -0.2) is 9.18 Å². The molecule has 2 N–H and O–H groups in total. The zero-order valence-corrected chi connectivity index (χ0v) is 22.2. The van der Waals surface area contributed by atoms with Crippen molar-refractivity contribution in [1.82, 2.24) is 23.7 Å². The smallest absolute Gasteiger partial charge is 0.379 e. The number of benzene rings is 1. The number of likely N-dealkylation sites (N-methyl/N-ethyl adjacent to an activating group) is 1. The molecule has 9 nitrogen and oxygen atoms in total. The van der Waals surface area contributed by atoms with Gasteiger partial charge in [0.05, 0.1) is 41.7 Å². The van der Waals surface area contributed by atoms with Crippen molar-refractivity contribution in [2.75, 3.05) is 53.5 Å². The zero-order valence-electron chi connectivity index (χ0n) is 22.2. The summed E-state index contributed by atoms with van der Waals surface area (Å²) in [4.78, 5) is 18.8. The van der Waals surface area contributed by atoms with Crippen molar-refractivity contribution >= 4 is 17.7 Å². The van der Waals surface area contributed by atoms with Crippen molar-refractivity contribution in [3.63, 3.8) is 0 Å². The first-order valence-corrected chi connectivity index (χ1v) is 12.8. The quantitative estimate of drug-likeness (QED) is 0.263. The summed E-state index contributed by atoms with van der Waals surface area (Å²) in [6.07, 6.45) is -3.03. The summed E-state index contributed by atoms with van der Waals surface area (Å²) in [5.74, 6) is -0.418. The second-order valence-electron chi connectivity index (χ2n) is 10.6. The van der Waals surface area contributed by atoms with E-state index < -0.39 is 34.9 Å². The number of pyridine rings is 1. The normalized spacial score (nSPS) is 18.9. The lowest BCUT2D eigenvalue weighted by Crippen LogP contribution is -2.58. The number of imidazole rings is 1. The molecule has 1 atom stereocenters. The molecule has 0 aliphatic carbocycles. The summed E-state index contributed by atoms with van der Waals surface area (Å²) in [6, 6.07) is 7.46. The highest BCUT2D eigenvalue weighted by Crippen LogP contribution is 2.39. The van der Waals surface area contributed by atoms with Crippen LogP contribution in [0.4, 0.5) is 17.6 Å². The number of hydrogen-bond donors (Lipinski definition) is 2. The third kappa shape index (κ3) is 4.93. The van der Waals surface area contributed by atoms with E-state index in [2.05, 4.69) is 9.80 Å². The Morgan fingerprint density at radius 2 is 1.88 bits per heavy atom. The van der Waals surface area contributed by atoms with Gasteiger partial charge in [-0.2, -0.15) is 13.2 Å². The maximum absolute atomic E-state index is 15.6. The average Bonchev–Trinajstić information content (AvgIpc) is 3.23. The fraction of sp³-hybridized carbons (Fsp3) is 0.444. The van der Waals surface area contributed by atoms with Gasteiger partial charge in [0.2, 0.25) is 0 Å². The van der Waals surface area contributed by atoms with Gasteiger partial charge in [-0.3, -0.25) is 24.7 Å². The number of fused-ring (bicyclic) bond motifs is 1. The highest BCUT2D eigenvalue weighted by molar-refractivity contribution is 5.93. The van der Waals surface area contributed by atoms with Crippen LogP contribution in [0.15, 0.2) is 47.5 Å². The molecule has 4 heterocycles. The first-order valence-electron chi connectivity index (χ1n) is 12.8. The first kappa shape index (κ1) is 28.0. The fourth-order valence-corrected chi connectivity index (χ4v) is 5.26. The van der Waals surface area contributed by atoms with Crippen LogP contribution in [0.2, 0.25) is 0 Å². The molecule has 3 aromatic rings. The molecule has 1 unspecified atom stereocenters. The SMILES string of the molecule is CN1CCN(Cc2cc(C(F)(F)F)c3cn(-c4cccc(C5(C(F)C(=N)N(C)C=N)COC5)c4)c(=O)n3c2)CC1. The highest BCUT2D eigenvalue weighted by Gasteiger charge is 2.50. The molecule has 0 bridgehead atoms. The molecular formula is C27H31F4N7O2. The molecule has 2 fully saturated rings. The fourth-order valence-electron chi connectivity index (χ4n) is 5.26. The van der Waals surface area contributed by atoms with E-state index in [1.54, 1.807) is 24.3 Å². The lowest BCUT2D eigenvalue weighted by molar-refractivity contribution is -0.136. The molecule has 0 spiro atoms. The molecule has 2 aliphatic heterocycles. The Labute approximate surface area is 228 Å². The summed E-state index contributed by atoms with van der Waals surface area (Å²) < 4.78 is 65.5. The number of halogens is 4. The van der Waals surface area contributed by atoms with E-state index in [1.807, 2.05) is 7.05 Å². The minimum atomic E-state index is -4.68. The highest BCUT2D eigenvalue weighted by atomic mass is 19.4. The third-order valence-corrected chi connectivity index (χ3v) is 7.85. The van der Waals surface area contributed by atoms with Gasteiger partial charge in [0.15, 0.2) is 6.17 Å². The Morgan fingerprint density at radius 3 is 2.48 bits per heavy atom. The van der Waals surface area contributed by atoms with Crippen molar-refractivity contribution in [3.8, 4) is 5.69 Å². The van der Waals surface area contributed by atoms with Crippen LogP contribution in [0.3, 0.4) is 0 Å². The third-order valence-electron chi connectivity index (χ3n) is 7.85. The van der Waals surface area contributed by atoms with Gasteiger partial charge < -0.3 is 14.5 Å². The van der Waals surface area contributed by atoms with Gasteiger partial charge in [0, 0.05) is 52.2 Å². The summed E-state index contributed by atoms with van der Waals surface area (Å²) in [5, 5.41) is 15.5. The maximum Gasteiger partial charge on any atom is 0.418 e. The predicted molar refractivity (Wildman–Crippen MR) is 142 cm³/mol. The number of rotatable bonds is 7. The molecule has 2 aromatic heterocycles. The van der Waals surface area contributed by atoms with E-state index in [0.717, 1.165) is 45.6 Å². The molecule has 13 heteroatoms. The lowest BCUT2D eigenvalue weighted by Gasteiger charge is -2.45. The first-order chi connectivity index (χ1) is 18.9. The van der Waals surface area contributed by atoms with E-state index in [9.17, 15) is 18.0 Å². The van der Waals surface area contributed by atoms with Gasteiger partial charge in [-0.15, -0.1) is 0 Å². The Morgan fingerprint density at radius 1 is 1.18 bits per heavy atom. The standard InChI is InChI=1S/C27H31F4N7O2/c1-34-6-8-36(9-7-34)12-18-10-21(27(29,30)31)22-14-37(25(39)38(22)13-18)20-5-3-4-19(11-20)26(15-40-16-26)23(28)24(33)35(2)17-32/h3-5,10-11,13-14,17,23,32-33H,6-9,12,15-16H2,1-2H3. The van der Waals surface area contributed by atoms with Gasteiger partial charge in [0.1, 0.15) is 5.84 Å². The predicted octanol–water partition coefficient (Wildman–Crippen LogP) is 2.98. The summed E-state index contributed by atoms with van der Waals surface area (Å²) in [5.41, 5.74) is -1.97. The van der Waals surface area contributed by atoms with E-state index in [-0.39, 0.29) is 31.0 Å². The van der Waals surface area contributed by atoms with Gasteiger partial charge >= 0.3 is 11.9 Å². The minimum Gasteiger partial charge on any atom is -0.379 e. The second-order valence-corrected chi connectivity index (χ2v) is 10.6. The number of aromatic nitrogens is 2. The molecule has 2 aliphatic rings. The van der Waals surface area contributed by atoms with Crippen LogP contribution < -0.4 is 5.69 Å². The molecular weight excluding hydrogens is 530 g/mol. The number of piperazine rings is 1. The monoisotopic (exact) mass is 561 g/mol. The van der Waals surface area contributed by atoms with Crippen LogP contribution >= 0.6 is 0 Å². The Balaban J connectivity index is 1.55. The summed E-state index contributed by atoms with van der Waals surface area (Å²) in [6.45, 7) is 3.30. The van der Waals surface area contributed by atoms with E-state index in [4.69, 9.17) is 15.6 Å². The average molecular weight is 562 g/mol. The van der Waals surface area contributed by atoms with Crippen molar-refractivity contribution in [1.29, 1.82) is 10.8 Å². The number of alkyl halides is 4. The van der Waals surface area contributed by atoms with Crippen molar-refractivity contribution in [3.05, 3.63) is 69.9 Å². The molecule has 2 saturated heterocycles. The summed E-state index contributed by atoms with van der Waals surface area (Å²) in [7, 11) is 3.39. The summed E-state index contributed by atoms with van der Waals surface area (Å²) >= 11 is 0. The van der Waals surface area contributed by atoms with E-state index in [1.165, 1.54) is 13.2 Å². The lowest BCUT2D eigenvalue weighted by atomic mass is 9.74. The number of nitrogens with zero attached hydrogens (tertiary/aromatic N) is 5. The Hall–Kier alpha value is -3.55. The molecule has 1 aromatic carbocycles. The van der Waals surface area contributed by atoms with Crippen LogP contribution in [-0.2, 0) is 22.9 Å². The number of hydrogen-bond acceptors (Lipinski definition) is 6. The van der Waals surface area contributed by atoms with E-state index in [0.29, 0.717) is 24.2 Å². The molecule has 5 rings (SSSR count). The number of ether oxygens (including phenoxy) is 1. The van der Waals surface area contributed by atoms with Crippen LogP contribution in [-0.4, -0.2) is 95.5 Å². The van der Waals surface area contributed by atoms with E-state index >= 15 is 4.39 Å². The van der Waals surface area contributed by atoms with Gasteiger partial charge in [-0.05, 0) is 36.4 Å². The Bertz CT molecular complexity index is 1490. The molecule has 214 valence electrons. The Kier molecular flexibility index (Phi) is 7.31. The van der Waals surface area contributed by atoms with Crippen molar-refractivity contribution < 1.29 is 22.3 Å². The molecule has 0 amide bonds.